The third-order valence-corrected chi connectivity index (χ3v) is 3.72. The van der Waals surface area contributed by atoms with E-state index < -0.39 is 0 Å². The summed E-state index contributed by atoms with van der Waals surface area (Å²) in [5.41, 5.74) is 0. The summed E-state index contributed by atoms with van der Waals surface area (Å²) >= 11 is 10.2. The molecule has 0 radical (unpaired) electrons. The highest BCUT2D eigenvalue weighted by Crippen LogP contribution is 2.23. The van der Waals surface area contributed by atoms with E-state index >= 15 is 0 Å². The highest BCUT2D eigenvalue weighted by Gasteiger charge is 2.12. The Bertz CT molecular complexity index is 514. The summed E-state index contributed by atoms with van der Waals surface area (Å²) < 4.78 is 0.761. The van der Waals surface area contributed by atoms with Gasteiger partial charge in [0, 0.05) is 4.47 Å². The van der Waals surface area contributed by atoms with Gasteiger partial charge in [-0.25, -0.2) is 9.97 Å². The maximum atomic E-state index is 11.7. The molecule has 0 aromatic carbocycles. The van der Waals surface area contributed by atoms with Crippen LogP contribution in [0, 0.1) is 0 Å². The molecule has 2 aromatic heterocycles. The summed E-state index contributed by atoms with van der Waals surface area (Å²) in [6.45, 7) is 0. The summed E-state index contributed by atoms with van der Waals surface area (Å²) in [5, 5.41) is 4.73. The largest absolute Gasteiger partial charge is 0.305 e. The molecule has 0 aliphatic carbocycles. The number of nitrogens with zero attached hydrogens (tertiary/aromatic N) is 2. The van der Waals surface area contributed by atoms with Gasteiger partial charge < -0.3 is 5.32 Å². The molecule has 0 saturated heterocycles. The number of thiophene rings is 1. The standard InChI is InChI=1S/C9H5BrClN3OS/c10-5-1-2-16-8(5)9(15)14-7-4-12-6(11)3-13-7/h1-4H,(H,13,14,15). The van der Waals surface area contributed by atoms with Gasteiger partial charge in [-0.15, -0.1) is 11.3 Å². The van der Waals surface area contributed by atoms with Gasteiger partial charge in [0.1, 0.15) is 10.0 Å². The minimum Gasteiger partial charge on any atom is -0.305 e. The van der Waals surface area contributed by atoms with Crippen molar-refractivity contribution in [2.45, 2.75) is 0 Å². The Labute approximate surface area is 109 Å². The first-order valence-electron chi connectivity index (χ1n) is 4.18. The molecule has 4 nitrogen and oxygen atoms in total. The van der Waals surface area contributed by atoms with Crippen LogP contribution >= 0.6 is 38.9 Å². The van der Waals surface area contributed by atoms with E-state index in [4.69, 9.17) is 11.6 Å². The second kappa shape index (κ2) is 4.90. The smallest absolute Gasteiger partial charge is 0.268 e. The van der Waals surface area contributed by atoms with Gasteiger partial charge in [-0.05, 0) is 27.4 Å². The fourth-order valence-corrected chi connectivity index (χ4v) is 2.55. The van der Waals surface area contributed by atoms with Crippen LogP contribution in [0.25, 0.3) is 0 Å². The molecule has 0 aliphatic heterocycles. The van der Waals surface area contributed by atoms with Crippen molar-refractivity contribution in [2.75, 3.05) is 5.32 Å². The fraction of sp³-hybridized carbons (Fsp3) is 0. The number of hydrogen-bond acceptors (Lipinski definition) is 4. The molecule has 2 rings (SSSR count). The van der Waals surface area contributed by atoms with Crippen LogP contribution in [0.1, 0.15) is 9.67 Å². The van der Waals surface area contributed by atoms with Crippen molar-refractivity contribution in [3.63, 3.8) is 0 Å². The molecule has 16 heavy (non-hydrogen) atoms. The maximum absolute atomic E-state index is 11.7. The van der Waals surface area contributed by atoms with Crippen molar-refractivity contribution < 1.29 is 4.79 Å². The zero-order chi connectivity index (χ0) is 11.5. The lowest BCUT2D eigenvalue weighted by atomic mass is 10.4. The van der Waals surface area contributed by atoms with Gasteiger partial charge in [0.15, 0.2) is 5.82 Å². The summed E-state index contributed by atoms with van der Waals surface area (Å²) in [5.74, 6) is 0.146. The predicted octanol–water partition coefficient (Wildman–Crippen LogP) is 3.21. The highest BCUT2D eigenvalue weighted by molar-refractivity contribution is 9.10. The van der Waals surface area contributed by atoms with Crippen LogP contribution in [-0.2, 0) is 0 Å². The van der Waals surface area contributed by atoms with Gasteiger partial charge in [-0.2, -0.15) is 0 Å². The second-order valence-corrected chi connectivity index (χ2v) is 4.93. The van der Waals surface area contributed by atoms with Gasteiger partial charge in [-0.3, -0.25) is 4.79 Å². The third kappa shape index (κ3) is 2.58. The van der Waals surface area contributed by atoms with E-state index in [0.29, 0.717) is 10.7 Å². The van der Waals surface area contributed by atoms with Crippen LogP contribution < -0.4 is 5.32 Å². The zero-order valence-corrected chi connectivity index (χ0v) is 10.9. The van der Waals surface area contributed by atoms with E-state index in [0.717, 1.165) is 4.47 Å². The SMILES string of the molecule is O=C(Nc1cnc(Cl)cn1)c1sccc1Br. The minimum absolute atomic E-state index is 0.224. The van der Waals surface area contributed by atoms with Crippen molar-refractivity contribution in [2.24, 2.45) is 0 Å². The normalized spacial score (nSPS) is 10.1. The topological polar surface area (TPSA) is 54.9 Å². The molecular weight excluding hydrogens is 314 g/mol. The molecule has 0 fully saturated rings. The monoisotopic (exact) mass is 317 g/mol. The third-order valence-electron chi connectivity index (χ3n) is 1.69. The molecule has 1 amide bonds. The van der Waals surface area contributed by atoms with Gasteiger partial charge in [0.2, 0.25) is 0 Å². The zero-order valence-electron chi connectivity index (χ0n) is 7.78. The van der Waals surface area contributed by atoms with Gasteiger partial charge in [0.25, 0.3) is 5.91 Å². The molecule has 2 aromatic rings. The van der Waals surface area contributed by atoms with Crippen molar-refractivity contribution in [3.05, 3.63) is 38.3 Å². The molecule has 0 aliphatic rings. The Morgan fingerprint density at radius 1 is 1.44 bits per heavy atom. The number of aromatic nitrogens is 2. The van der Waals surface area contributed by atoms with E-state index in [1.54, 1.807) is 0 Å². The second-order valence-electron chi connectivity index (χ2n) is 2.78. The van der Waals surface area contributed by atoms with Crippen LogP contribution in [0.2, 0.25) is 5.15 Å². The summed E-state index contributed by atoms with van der Waals surface area (Å²) in [6.07, 6.45) is 2.78. The lowest BCUT2D eigenvalue weighted by Gasteiger charge is -2.02. The number of rotatable bonds is 2. The number of hydrogen-bond donors (Lipinski definition) is 1. The molecule has 1 N–H and O–H groups in total. The van der Waals surface area contributed by atoms with Crippen molar-refractivity contribution in [1.29, 1.82) is 0 Å². The van der Waals surface area contributed by atoms with Crippen LogP contribution in [0.3, 0.4) is 0 Å². The van der Waals surface area contributed by atoms with Crippen molar-refractivity contribution in [1.82, 2.24) is 9.97 Å². The molecule has 0 saturated carbocycles. The number of anilines is 1. The predicted molar refractivity (Wildman–Crippen MR) is 67.0 cm³/mol. The Kier molecular flexibility index (Phi) is 3.52. The molecule has 0 bridgehead atoms. The first-order chi connectivity index (χ1) is 7.66. The first kappa shape index (κ1) is 11.5. The fourth-order valence-electron chi connectivity index (χ4n) is 1.01. The number of amides is 1. The van der Waals surface area contributed by atoms with E-state index in [9.17, 15) is 4.79 Å². The number of carbonyl (C=O) groups is 1. The number of halogens is 2. The molecule has 82 valence electrons. The summed E-state index contributed by atoms with van der Waals surface area (Å²) in [7, 11) is 0. The molecule has 0 unspecified atom stereocenters. The number of nitrogens with one attached hydrogen (secondary N) is 1. The number of carbonyl (C=O) groups excluding carboxylic acids is 1. The average Bonchev–Trinajstić information content (AvgIpc) is 2.68. The Morgan fingerprint density at radius 2 is 2.25 bits per heavy atom. The van der Waals surface area contributed by atoms with E-state index in [1.165, 1.54) is 23.7 Å². The maximum Gasteiger partial charge on any atom is 0.268 e. The molecule has 0 atom stereocenters. The summed E-state index contributed by atoms with van der Waals surface area (Å²) in [6, 6.07) is 1.81. The molecule has 0 spiro atoms. The van der Waals surface area contributed by atoms with Gasteiger partial charge >= 0.3 is 0 Å². The van der Waals surface area contributed by atoms with Gasteiger partial charge in [0.05, 0.1) is 12.4 Å². The highest BCUT2D eigenvalue weighted by atomic mass is 79.9. The Hall–Kier alpha value is -0.980. The van der Waals surface area contributed by atoms with Crippen LogP contribution in [0.4, 0.5) is 5.82 Å². The molecular formula is C9H5BrClN3OS. The summed E-state index contributed by atoms with van der Waals surface area (Å²) in [4.78, 5) is 20.1. The van der Waals surface area contributed by atoms with E-state index in [1.807, 2.05) is 11.4 Å². The Balaban J connectivity index is 2.14. The van der Waals surface area contributed by atoms with E-state index in [2.05, 4.69) is 31.2 Å². The van der Waals surface area contributed by atoms with Crippen molar-refractivity contribution >= 4 is 50.6 Å². The minimum atomic E-state index is -0.224. The molecule has 2 heterocycles. The van der Waals surface area contributed by atoms with Crippen LogP contribution in [0.15, 0.2) is 28.3 Å². The van der Waals surface area contributed by atoms with Gasteiger partial charge in [-0.1, -0.05) is 11.6 Å². The Morgan fingerprint density at radius 3 is 2.81 bits per heavy atom. The lowest BCUT2D eigenvalue weighted by Crippen LogP contribution is -2.12. The van der Waals surface area contributed by atoms with Crippen LogP contribution in [-0.4, -0.2) is 15.9 Å². The van der Waals surface area contributed by atoms with Crippen LogP contribution in [0.5, 0.6) is 0 Å². The lowest BCUT2D eigenvalue weighted by molar-refractivity contribution is 0.102. The first-order valence-corrected chi connectivity index (χ1v) is 6.24. The van der Waals surface area contributed by atoms with E-state index in [-0.39, 0.29) is 11.1 Å². The van der Waals surface area contributed by atoms with Crippen molar-refractivity contribution in [3.8, 4) is 0 Å². The quantitative estimate of drug-likeness (QED) is 0.925. The average molecular weight is 319 g/mol. The molecule has 7 heteroatoms.